The van der Waals surface area contributed by atoms with Crippen molar-refractivity contribution in [2.75, 3.05) is 0 Å². The fourth-order valence-corrected chi connectivity index (χ4v) is 2.04. The third-order valence-corrected chi connectivity index (χ3v) is 2.98. The average molecular weight is 392 g/mol. The van der Waals surface area contributed by atoms with E-state index in [1.165, 1.54) is 0 Å². The Morgan fingerprint density at radius 2 is 0.769 bits per heavy atom. The van der Waals surface area contributed by atoms with Gasteiger partial charge in [0, 0.05) is 11.1 Å². The van der Waals surface area contributed by atoms with Gasteiger partial charge in [0.15, 0.2) is 0 Å². The Balaban J connectivity index is -0.00000132. The second-order valence-electron chi connectivity index (χ2n) is 4.29. The van der Waals surface area contributed by atoms with Gasteiger partial charge in [-0.25, -0.2) is 0 Å². The molecule has 0 saturated carbocycles. The van der Waals surface area contributed by atoms with E-state index in [9.17, 15) is 39.6 Å². The predicted octanol–water partition coefficient (Wildman–Crippen LogP) is -15.7. The summed E-state index contributed by atoms with van der Waals surface area (Å²) in [6, 6.07) is 3.07. The SMILES string of the molecule is O=C([O-])c1cc(C(=O)[O-])c2cc(C(=O)[O-])cc(C(=O)[O-])c2c1.[Na+].[Na+].[Na+].[Na+]. The summed E-state index contributed by atoms with van der Waals surface area (Å²) >= 11 is 0. The minimum Gasteiger partial charge on any atom is -0.545 e. The molecular weight excluding hydrogens is 388 g/mol. The molecule has 0 N–H and O–H groups in total. The molecule has 0 amide bonds. The van der Waals surface area contributed by atoms with Crippen molar-refractivity contribution in [2.45, 2.75) is 0 Å². The quantitative estimate of drug-likeness (QED) is 0.464. The molecular formula is C14H4Na4O8. The summed E-state index contributed by atoms with van der Waals surface area (Å²) in [5.74, 6) is -7.10. The summed E-state index contributed by atoms with van der Waals surface area (Å²) in [6.07, 6.45) is 0. The van der Waals surface area contributed by atoms with Crippen LogP contribution in [-0.2, 0) is 0 Å². The molecule has 0 heterocycles. The molecule has 12 heteroatoms. The summed E-state index contributed by atoms with van der Waals surface area (Å²) in [5.41, 5.74) is -2.59. The van der Waals surface area contributed by atoms with Gasteiger partial charge in [-0.15, -0.1) is 0 Å². The van der Waals surface area contributed by atoms with Gasteiger partial charge in [0.25, 0.3) is 0 Å². The molecule has 2 aromatic carbocycles. The molecule has 0 bridgehead atoms. The van der Waals surface area contributed by atoms with Gasteiger partial charge in [-0.2, -0.15) is 0 Å². The number of fused-ring (bicyclic) bond motifs is 1. The molecule has 0 saturated heterocycles. The van der Waals surface area contributed by atoms with Gasteiger partial charge in [0.2, 0.25) is 0 Å². The second-order valence-corrected chi connectivity index (χ2v) is 4.29. The Kier molecular flexibility index (Phi) is 15.5. The number of hydrogen-bond acceptors (Lipinski definition) is 8. The molecule has 0 atom stereocenters. The van der Waals surface area contributed by atoms with E-state index in [1.807, 2.05) is 0 Å². The van der Waals surface area contributed by atoms with Crippen molar-refractivity contribution >= 4 is 34.6 Å². The van der Waals surface area contributed by atoms with Crippen molar-refractivity contribution in [1.29, 1.82) is 0 Å². The number of hydrogen-bond donors (Lipinski definition) is 0. The standard InChI is InChI=1S/C14H8O8.4Na/c15-11(16)5-1-7-8(10(3-5)14(21)22)2-6(12(17)18)4-9(7)13(19)20;;;;/h1-4H,(H,15,16)(H,17,18)(H,19,20)(H,21,22);;;;/q;4*+1/p-4. The van der Waals surface area contributed by atoms with E-state index in [0.717, 1.165) is 12.1 Å². The van der Waals surface area contributed by atoms with E-state index in [-0.39, 0.29) is 129 Å². The Bertz CT molecular complexity index is 794. The van der Waals surface area contributed by atoms with Gasteiger partial charge in [0.05, 0.1) is 23.9 Å². The van der Waals surface area contributed by atoms with Crippen molar-refractivity contribution in [2.24, 2.45) is 0 Å². The summed E-state index contributed by atoms with van der Waals surface area (Å²) in [5, 5.41) is 43.3. The van der Waals surface area contributed by atoms with E-state index >= 15 is 0 Å². The molecule has 0 aliphatic heterocycles. The van der Waals surface area contributed by atoms with Crippen molar-refractivity contribution in [3.63, 3.8) is 0 Å². The van der Waals surface area contributed by atoms with Crippen molar-refractivity contribution < 1.29 is 158 Å². The Labute approximate surface area is 235 Å². The van der Waals surface area contributed by atoms with Crippen LogP contribution in [0, 0.1) is 0 Å². The number of benzene rings is 2. The predicted molar refractivity (Wildman–Crippen MR) is 61.3 cm³/mol. The monoisotopic (exact) mass is 392 g/mol. The Morgan fingerprint density at radius 1 is 0.500 bits per heavy atom. The average Bonchev–Trinajstić information content (AvgIpc) is 2.44. The summed E-state index contributed by atoms with van der Waals surface area (Å²) < 4.78 is 0. The molecule has 0 spiro atoms. The third-order valence-electron chi connectivity index (χ3n) is 2.98. The molecule has 112 valence electrons. The van der Waals surface area contributed by atoms with Gasteiger partial charge in [-0.1, -0.05) is 0 Å². The number of aromatic carboxylic acids is 4. The second kappa shape index (κ2) is 12.9. The molecule has 2 rings (SSSR count). The topological polar surface area (TPSA) is 161 Å². The fourth-order valence-electron chi connectivity index (χ4n) is 2.04. The van der Waals surface area contributed by atoms with Crippen LogP contribution in [0.25, 0.3) is 10.8 Å². The van der Waals surface area contributed by atoms with Gasteiger partial charge < -0.3 is 39.6 Å². The zero-order valence-electron chi connectivity index (χ0n) is 14.6. The van der Waals surface area contributed by atoms with E-state index in [1.54, 1.807) is 0 Å². The normalized spacial score (nSPS) is 8.77. The van der Waals surface area contributed by atoms with Crippen molar-refractivity contribution in [1.82, 2.24) is 0 Å². The molecule has 8 nitrogen and oxygen atoms in total. The third kappa shape index (κ3) is 6.88. The minimum atomic E-state index is -1.81. The van der Waals surface area contributed by atoms with Crippen LogP contribution in [0.1, 0.15) is 41.4 Å². The number of carbonyl (C=O) groups excluding carboxylic acids is 4. The number of carbonyl (C=O) groups is 4. The van der Waals surface area contributed by atoms with Crippen LogP contribution in [0.3, 0.4) is 0 Å². The van der Waals surface area contributed by atoms with Gasteiger partial charge >= 0.3 is 118 Å². The van der Waals surface area contributed by atoms with E-state index in [2.05, 4.69) is 0 Å². The van der Waals surface area contributed by atoms with Gasteiger partial charge in [-0.05, 0) is 46.2 Å². The van der Waals surface area contributed by atoms with Crippen LogP contribution in [0.2, 0.25) is 0 Å². The summed E-state index contributed by atoms with van der Waals surface area (Å²) in [7, 11) is 0. The fraction of sp³-hybridized carbons (Fsp3) is 0. The maximum atomic E-state index is 11.1. The first kappa shape index (κ1) is 31.3. The van der Waals surface area contributed by atoms with Crippen molar-refractivity contribution in [3.05, 3.63) is 46.5 Å². The van der Waals surface area contributed by atoms with E-state index < -0.39 is 46.1 Å². The number of carboxylic acid groups (broad SMARTS) is 4. The van der Waals surface area contributed by atoms with Crippen LogP contribution in [0.5, 0.6) is 0 Å². The first-order valence-electron chi connectivity index (χ1n) is 5.69. The largest absolute Gasteiger partial charge is 1.00 e. The summed E-state index contributed by atoms with van der Waals surface area (Å²) in [6.45, 7) is 0. The van der Waals surface area contributed by atoms with Gasteiger partial charge in [0.1, 0.15) is 0 Å². The molecule has 0 aliphatic carbocycles. The van der Waals surface area contributed by atoms with Crippen LogP contribution >= 0.6 is 0 Å². The first-order chi connectivity index (χ1) is 10.2. The number of rotatable bonds is 4. The zero-order chi connectivity index (χ0) is 16.6. The zero-order valence-corrected chi connectivity index (χ0v) is 22.6. The van der Waals surface area contributed by atoms with Crippen LogP contribution in [0.4, 0.5) is 0 Å². The maximum absolute atomic E-state index is 11.1. The van der Waals surface area contributed by atoms with Crippen LogP contribution < -0.4 is 139 Å². The van der Waals surface area contributed by atoms with E-state index in [4.69, 9.17) is 0 Å². The molecule has 0 aliphatic rings. The molecule has 2 aromatic rings. The molecule has 0 radical (unpaired) electrons. The maximum Gasteiger partial charge on any atom is 1.00 e. The smallest absolute Gasteiger partial charge is 0.545 e. The van der Waals surface area contributed by atoms with Crippen LogP contribution in [-0.4, -0.2) is 23.9 Å². The van der Waals surface area contributed by atoms with Crippen molar-refractivity contribution in [3.8, 4) is 0 Å². The molecule has 0 aromatic heterocycles. The molecule has 26 heavy (non-hydrogen) atoms. The molecule has 0 unspecified atom stereocenters. The first-order valence-corrected chi connectivity index (χ1v) is 5.69. The Hall–Kier alpha value is 0.580. The van der Waals surface area contributed by atoms with Crippen LogP contribution in [0.15, 0.2) is 24.3 Å². The molecule has 0 fully saturated rings. The number of carboxylic acids is 4. The Morgan fingerprint density at radius 3 is 0.962 bits per heavy atom. The van der Waals surface area contributed by atoms with E-state index in [0.29, 0.717) is 12.1 Å². The minimum absolute atomic E-state index is 0. The van der Waals surface area contributed by atoms with Gasteiger partial charge in [-0.3, -0.25) is 0 Å². The summed E-state index contributed by atoms with van der Waals surface area (Å²) in [4.78, 5) is 44.0.